The molecule has 0 atom stereocenters. The summed E-state index contributed by atoms with van der Waals surface area (Å²) in [6.45, 7) is 7.78. The van der Waals surface area contributed by atoms with Crippen molar-refractivity contribution >= 4 is 5.91 Å². The molecule has 146 valence electrons. The zero-order valence-corrected chi connectivity index (χ0v) is 16.4. The molecule has 8 heteroatoms. The monoisotopic (exact) mass is 381 g/mol. The molecule has 0 bridgehead atoms. The van der Waals surface area contributed by atoms with Crippen LogP contribution in [0.15, 0.2) is 33.6 Å². The molecule has 0 spiro atoms. The number of rotatable bonds is 5. The fourth-order valence-electron chi connectivity index (χ4n) is 3.55. The maximum atomic E-state index is 12.9. The van der Waals surface area contributed by atoms with Gasteiger partial charge in [-0.15, -0.1) is 0 Å². The summed E-state index contributed by atoms with van der Waals surface area (Å²) < 4.78 is 6.70. The molecule has 28 heavy (non-hydrogen) atoms. The second-order valence-corrected chi connectivity index (χ2v) is 7.79. The SMILES string of the molecule is Cc1nc(C(=O)NC(C)(C)c2ccc(-c3noc(=O)[nH]3)cc2)c(C)n1C1CC1. The number of carbonyl (C=O) groups is 1. The maximum absolute atomic E-state index is 12.9. The Labute approximate surface area is 162 Å². The van der Waals surface area contributed by atoms with Crippen LogP contribution in [0.4, 0.5) is 0 Å². The van der Waals surface area contributed by atoms with E-state index in [1.54, 1.807) is 0 Å². The van der Waals surface area contributed by atoms with Gasteiger partial charge in [0.25, 0.3) is 5.91 Å². The van der Waals surface area contributed by atoms with Crippen molar-refractivity contribution in [3.8, 4) is 11.4 Å². The molecule has 1 aliphatic carbocycles. The van der Waals surface area contributed by atoms with E-state index >= 15 is 0 Å². The van der Waals surface area contributed by atoms with Crippen molar-refractivity contribution in [3.63, 3.8) is 0 Å². The van der Waals surface area contributed by atoms with Crippen molar-refractivity contribution in [1.29, 1.82) is 0 Å². The number of benzene rings is 1. The van der Waals surface area contributed by atoms with Gasteiger partial charge in [0.05, 0.1) is 5.54 Å². The molecular weight excluding hydrogens is 358 g/mol. The third-order valence-corrected chi connectivity index (χ3v) is 5.20. The van der Waals surface area contributed by atoms with Crippen molar-refractivity contribution < 1.29 is 9.32 Å². The number of carbonyl (C=O) groups excluding carboxylic acids is 1. The van der Waals surface area contributed by atoms with E-state index in [9.17, 15) is 9.59 Å². The lowest BCUT2D eigenvalue weighted by Crippen LogP contribution is -2.41. The van der Waals surface area contributed by atoms with Gasteiger partial charge in [-0.3, -0.25) is 14.3 Å². The van der Waals surface area contributed by atoms with E-state index in [2.05, 4.69) is 29.5 Å². The molecule has 1 amide bonds. The van der Waals surface area contributed by atoms with E-state index in [4.69, 9.17) is 0 Å². The summed E-state index contributed by atoms with van der Waals surface area (Å²) >= 11 is 0. The van der Waals surface area contributed by atoms with Crippen LogP contribution >= 0.6 is 0 Å². The van der Waals surface area contributed by atoms with Gasteiger partial charge < -0.3 is 9.88 Å². The van der Waals surface area contributed by atoms with E-state index in [1.165, 1.54) is 0 Å². The van der Waals surface area contributed by atoms with Crippen molar-refractivity contribution in [2.24, 2.45) is 0 Å². The molecule has 0 unspecified atom stereocenters. The summed E-state index contributed by atoms with van der Waals surface area (Å²) in [5, 5.41) is 6.77. The molecule has 0 radical (unpaired) electrons. The lowest BCUT2D eigenvalue weighted by Gasteiger charge is -2.27. The van der Waals surface area contributed by atoms with Crippen LogP contribution < -0.4 is 11.1 Å². The van der Waals surface area contributed by atoms with Crippen LogP contribution in [0, 0.1) is 13.8 Å². The highest BCUT2D eigenvalue weighted by atomic mass is 16.5. The number of aryl methyl sites for hydroxylation is 1. The Morgan fingerprint density at radius 2 is 1.93 bits per heavy atom. The average molecular weight is 381 g/mol. The Morgan fingerprint density at radius 1 is 1.25 bits per heavy atom. The maximum Gasteiger partial charge on any atom is 0.439 e. The van der Waals surface area contributed by atoms with Crippen molar-refractivity contribution in [2.75, 3.05) is 0 Å². The molecule has 2 aromatic heterocycles. The van der Waals surface area contributed by atoms with Crippen molar-refractivity contribution in [2.45, 2.75) is 52.1 Å². The van der Waals surface area contributed by atoms with Crippen molar-refractivity contribution in [3.05, 3.63) is 57.6 Å². The smallest absolute Gasteiger partial charge is 0.342 e. The third kappa shape index (κ3) is 3.26. The number of H-pyrrole nitrogens is 1. The van der Waals surface area contributed by atoms with Crippen LogP contribution in [-0.4, -0.2) is 25.6 Å². The van der Waals surface area contributed by atoms with Crippen LogP contribution in [0.1, 0.15) is 60.3 Å². The molecule has 1 saturated carbocycles. The Hall–Kier alpha value is -3.16. The van der Waals surface area contributed by atoms with Gasteiger partial charge in [0.1, 0.15) is 11.5 Å². The summed E-state index contributed by atoms with van der Waals surface area (Å²) in [5.41, 5.74) is 2.45. The summed E-state index contributed by atoms with van der Waals surface area (Å²) in [7, 11) is 0. The number of amides is 1. The Morgan fingerprint density at radius 3 is 2.50 bits per heavy atom. The van der Waals surface area contributed by atoms with Gasteiger partial charge in [-0.2, -0.15) is 0 Å². The largest absolute Gasteiger partial charge is 0.439 e. The Bertz CT molecular complexity index is 1080. The number of hydrogen-bond acceptors (Lipinski definition) is 5. The van der Waals surface area contributed by atoms with Gasteiger partial charge in [0, 0.05) is 17.3 Å². The number of aromatic amines is 1. The molecule has 2 heterocycles. The van der Waals surface area contributed by atoms with Gasteiger partial charge >= 0.3 is 5.76 Å². The lowest BCUT2D eigenvalue weighted by molar-refractivity contribution is 0.0906. The second-order valence-electron chi connectivity index (χ2n) is 7.79. The summed E-state index contributed by atoms with van der Waals surface area (Å²) in [6.07, 6.45) is 2.29. The molecule has 0 aliphatic heterocycles. The minimum Gasteiger partial charge on any atom is -0.342 e. The van der Waals surface area contributed by atoms with Crippen LogP contribution in [0.3, 0.4) is 0 Å². The Kier molecular flexibility index (Phi) is 4.21. The molecule has 4 rings (SSSR count). The molecule has 2 N–H and O–H groups in total. The van der Waals surface area contributed by atoms with Gasteiger partial charge in [-0.1, -0.05) is 29.4 Å². The molecule has 3 aromatic rings. The Balaban J connectivity index is 1.54. The predicted octanol–water partition coefficient (Wildman–Crippen LogP) is 2.84. The van der Waals surface area contributed by atoms with Gasteiger partial charge in [-0.25, -0.2) is 9.78 Å². The van der Waals surface area contributed by atoms with E-state index in [0.29, 0.717) is 17.6 Å². The first-order valence-corrected chi connectivity index (χ1v) is 9.31. The van der Waals surface area contributed by atoms with E-state index in [1.807, 2.05) is 52.0 Å². The lowest BCUT2D eigenvalue weighted by atomic mass is 9.93. The van der Waals surface area contributed by atoms with Crippen molar-refractivity contribution in [1.82, 2.24) is 25.0 Å². The van der Waals surface area contributed by atoms with Gasteiger partial charge in [-0.05, 0) is 46.1 Å². The minimum absolute atomic E-state index is 0.185. The predicted molar refractivity (Wildman–Crippen MR) is 103 cm³/mol. The second kappa shape index (κ2) is 6.47. The highest BCUT2D eigenvalue weighted by Gasteiger charge is 2.31. The quantitative estimate of drug-likeness (QED) is 0.707. The molecular formula is C20H23N5O3. The van der Waals surface area contributed by atoms with Gasteiger partial charge in [0.2, 0.25) is 0 Å². The topological polar surface area (TPSA) is 106 Å². The third-order valence-electron chi connectivity index (χ3n) is 5.20. The number of nitrogens with one attached hydrogen (secondary N) is 2. The summed E-state index contributed by atoms with van der Waals surface area (Å²) in [6, 6.07) is 7.92. The number of imidazole rings is 1. The zero-order chi connectivity index (χ0) is 20.1. The van der Waals surface area contributed by atoms with Crippen LogP contribution in [0.5, 0.6) is 0 Å². The normalized spacial score (nSPS) is 14.3. The number of nitrogens with zero attached hydrogens (tertiary/aromatic N) is 3. The van der Waals surface area contributed by atoms with Crippen LogP contribution in [-0.2, 0) is 5.54 Å². The molecule has 0 saturated heterocycles. The fourth-order valence-corrected chi connectivity index (χ4v) is 3.55. The molecule has 1 fully saturated rings. The number of aromatic nitrogens is 4. The average Bonchev–Trinajstić information content (AvgIpc) is 3.30. The molecule has 1 aliphatic rings. The van der Waals surface area contributed by atoms with E-state index < -0.39 is 11.3 Å². The summed E-state index contributed by atoms with van der Waals surface area (Å²) in [5.74, 6) is 0.474. The standard InChI is InChI=1S/C20H23N5O3/c1-11-16(21-12(2)25(11)15-9-10-15)18(26)23-20(3,4)14-7-5-13(6-8-14)17-22-19(27)28-24-17/h5-8,15H,9-10H2,1-4H3,(H,23,26)(H,22,24,27). The van der Waals surface area contributed by atoms with E-state index in [-0.39, 0.29) is 5.91 Å². The first kappa shape index (κ1) is 18.2. The van der Waals surface area contributed by atoms with Crippen LogP contribution in [0.25, 0.3) is 11.4 Å². The van der Waals surface area contributed by atoms with Gasteiger partial charge in [0.15, 0.2) is 5.82 Å². The summed E-state index contributed by atoms with van der Waals surface area (Å²) in [4.78, 5) is 31.0. The molecule has 1 aromatic carbocycles. The zero-order valence-electron chi connectivity index (χ0n) is 16.4. The minimum atomic E-state index is -0.601. The first-order valence-electron chi connectivity index (χ1n) is 9.31. The number of hydrogen-bond donors (Lipinski definition) is 2. The molecule has 8 nitrogen and oxygen atoms in total. The highest BCUT2D eigenvalue weighted by Crippen LogP contribution is 2.37. The van der Waals surface area contributed by atoms with E-state index in [0.717, 1.165) is 35.5 Å². The van der Waals surface area contributed by atoms with Crippen LogP contribution in [0.2, 0.25) is 0 Å². The highest BCUT2D eigenvalue weighted by molar-refractivity contribution is 5.94. The first-order chi connectivity index (χ1) is 13.3. The fraction of sp³-hybridized carbons (Fsp3) is 0.400.